The summed E-state index contributed by atoms with van der Waals surface area (Å²) in [6.07, 6.45) is 5.15. The molecule has 5 rings (SSSR count). The quantitative estimate of drug-likeness (QED) is 0.576. The van der Waals surface area contributed by atoms with Gasteiger partial charge in [0.05, 0.1) is 0 Å². The van der Waals surface area contributed by atoms with E-state index >= 15 is 0 Å². The van der Waals surface area contributed by atoms with Gasteiger partial charge in [0.15, 0.2) is 0 Å². The van der Waals surface area contributed by atoms with Crippen LogP contribution in [-0.2, 0) is 0 Å². The van der Waals surface area contributed by atoms with Crippen molar-refractivity contribution in [3.05, 3.63) is 33.9 Å². The molecular formula is C12H12. The summed E-state index contributed by atoms with van der Waals surface area (Å²) in [5.74, 6) is 0.921. The topological polar surface area (TPSA) is 0 Å². The van der Waals surface area contributed by atoms with Crippen LogP contribution < -0.4 is 0 Å². The summed E-state index contributed by atoms with van der Waals surface area (Å²) >= 11 is 0. The molecule has 0 aromatic heterocycles. The summed E-state index contributed by atoms with van der Waals surface area (Å²) < 4.78 is 0. The average molecular weight is 156 g/mol. The highest BCUT2D eigenvalue weighted by Gasteiger charge is 2.71. The van der Waals surface area contributed by atoms with Gasteiger partial charge in [-0.05, 0) is 46.3 Å². The highest BCUT2D eigenvalue weighted by atomic mass is 14.7. The standard InChI is InChI=1S/C12H12/c1-3-4-8-9-6-5-7-10(6)12(8,2)11(7)9/h5,8H,3-4H2,1-2H3. The van der Waals surface area contributed by atoms with E-state index in [2.05, 4.69) is 19.9 Å². The van der Waals surface area contributed by atoms with Crippen molar-refractivity contribution in [1.29, 1.82) is 0 Å². The summed E-state index contributed by atoms with van der Waals surface area (Å²) in [6, 6.07) is 0. The Balaban J connectivity index is 1.87. The molecule has 0 aliphatic heterocycles. The van der Waals surface area contributed by atoms with Gasteiger partial charge in [0, 0.05) is 5.41 Å². The largest absolute Gasteiger partial charge is 0.0654 e. The summed E-state index contributed by atoms with van der Waals surface area (Å²) in [7, 11) is 0. The minimum atomic E-state index is 0.574. The first-order valence-corrected chi connectivity index (χ1v) is 5.02. The van der Waals surface area contributed by atoms with Gasteiger partial charge in [-0.15, -0.1) is 0 Å². The maximum Gasteiger partial charge on any atom is 0.0264 e. The van der Waals surface area contributed by atoms with E-state index in [1.54, 1.807) is 27.9 Å². The van der Waals surface area contributed by atoms with Gasteiger partial charge in [0.2, 0.25) is 0 Å². The zero-order valence-electron chi connectivity index (χ0n) is 7.57. The fourth-order valence-electron chi connectivity index (χ4n) is 3.87. The van der Waals surface area contributed by atoms with E-state index in [-0.39, 0.29) is 0 Å². The Kier molecular flexibility index (Phi) is 0.610. The SMILES string of the molecule is CCCC1C2=C3C4=C(C2=C4)C31C. The van der Waals surface area contributed by atoms with Crippen molar-refractivity contribution in [2.24, 2.45) is 11.3 Å². The lowest BCUT2D eigenvalue weighted by atomic mass is 9.51. The highest BCUT2D eigenvalue weighted by molar-refractivity contribution is 5.96. The molecule has 60 valence electrons. The Morgan fingerprint density at radius 3 is 2.75 bits per heavy atom. The lowest BCUT2D eigenvalue weighted by Crippen LogP contribution is -2.42. The van der Waals surface area contributed by atoms with Gasteiger partial charge in [0.25, 0.3) is 0 Å². The number of rotatable bonds is 2. The molecule has 0 aromatic carbocycles. The molecule has 0 spiro atoms. The lowest BCUT2D eigenvalue weighted by Gasteiger charge is -2.51. The van der Waals surface area contributed by atoms with Crippen LogP contribution in [0.1, 0.15) is 26.7 Å². The monoisotopic (exact) mass is 156 g/mol. The second-order valence-corrected chi connectivity index (χ2v) is 4.68. The number of hydrogen-bond donors (Lipinski definition) is 0. The summed E-state index contributed by atoms with van der Waals surface area (Å²) in [5, 5.41) is 0. The molecule has 5 aliphatic rings. The minimum absolute atomic E-state index is 0.574. The second kappa shape index (κ2) is 1.26. The average Bonchev–Trinajstić information content (AvgIpc) is 2.60. The summed E-state index contributed by atoms with van der Waals surface area (Å²) in [4.78, 5) is 0. The number of hydrogen-bond acceptors (Lipinski definition) is 0. The Bertz CT molecular complexity index is 417. The third-order valence-electron chi connectivity index (χ3n) is 4.32. The van der Waals surface area contributed by atoms with Crippen molar-refractivity contribution in [3.8, 4) is 0 Å². The highest BCUT2D eigenvalue weighted by Crippen LogP contribution is 2.82. The van der Waals surface area contributed by atoms with Gasteiger partial charge in [-0.3, -0.25) is 0 Å². The molecule has 0 nitrogen and oxygen atoms in total. The van der Waals surface area contributed by atoms with Crippen molar-refractivity contribution in [2.75, 3.05) is 0 Å². The molecule has 6 bridgehead atoms. The van der Waals surface area contributed by atoms with E-state index in [0.29, 0.717) is 5.41 Å². The molecule has 12 heavy (non-hydrogen) atoms. The zero-order chi connectivity index (χ0) is 8.09. The maximum absolute atomic E-state index is 2.45. The van der Waals surface area contributed by atoms with Gasteiger partial charge < -0.3 is 0 Å². The van der Waals surface area contributed by atoms with Crippen molar-refractivity contribution in [1.82, 2.24) is 0 Å². The Morgan fingerprint density at radius 2 is 2.25 bits per heavy atom. The van der Waals surface area contributed by atoms with E-state index in [4.69, 9.17) is 0 Å². The first-order valence-electron chi connectivity index (χ1n) is 5.02. The van der Waals surface area contributed by atoms with Crippen LogP contribution >= 0.6 is 0 Å². The predicted octanol–water partition coefficient (Wildman–Crippen LogP) is 2.98. The molecule has 2 atom stereocenters. The van der Waals surface area contributed by atoms with E-state index in [0.717, 1.165) is 5.92 Å². The second-order valence-electron chi connectivity index (χ2n) is 4.68. The molecule has 0 heterocycles. The molecular weight excluding hydrogens is 144 g/mol. The molecule has 0 radical (unpaired) electrons. The fourth-order valence-corrected chi connectivity index (χ4v) is 3.87. The molecule has 0 heteroatoms. The van der Waals surface area contributed by atoms with Crippen molar-refractivity contribution in [3.63, 3.8) is 0 Å². The van der Waals surface area contributed by atoms with Crippen LogP contribution in [0.3, 0.4) is 0 Å². The molecule has 0 saturated heterocycles. The third-order valence-corrected chi connectivity index (χ3v) is 4.32. The first-order chi connectivity index (χ1) is 5.80. The van der Waals surface area contributed by atoms with Crippen LogP contribution in [-0.4, -0.2) is 0 Å². The number of allylic oxidation sites excluding steroid dienone is 6. The van der Waals surface area contributed by atoms with Crippen molar-refractivity contribution < 1.29 is 0 Å². The van der Waals surface area contributed by atoms with Crippen LogP contribution in [0.4, 0.5) is 0 Å². The minimum Gasteiger partial charge on any atom is -0.0654 e. The molecule has 0 N–H and O–H groups in total. The van der Waals surface area contributed by atoms with Crippen molar-refractivity contribution in [2.45, 2.75) is 26.7 Å². The van der Waals surface area contributed by atoms with Gasteiger partial charge in [-0.1, -0.05) is 20.3 Å². The van der Waals surface area contributed by atoms with E-state index in [1.165, 1.54) is 12.8 Å². The molecule has 0 amide bonds. The molecule has 0 fully saturated rings. The van der Waals surface area contributed by atoms with Gasteiger partial charge in [-0.2, -0.15) is 0 Å². The Labute approximate surface area is 72.7 Å². The maximum atomic E-state index is 2.45. The molecule has 2 unspecified atom stereocenters. The van der Waals surface area contributed by atoms with Crippen LogP contribution in [0.2, 0.25) is 0 Å². The Morgan fingerprint density at radius 1 is 1.42 bits per heavy atom. The summed E-state index contributed by atoms with van der Waals surface area (Å²) in [6.45, 7) is 4.75. The third kappa shape index (κ3) is 0.268. The van der Waals surface area contributed by atoms with E-state index in [1.807, 2.05) is 0 Å². The van der Waals surface area contributed by atoms with Gasteiger partial charge >= 0.3 is 0 Å². The van der Waals surface area contributed by atoms with Crippen LogP contribution in [0, 0.1) is 11.3 Å². The van der Waals surface area contributed by atoms with Crippen LogP contribution in [0.25, 0.3) is 0 Å². The van der Waals surface area contributed by atoms with E-state index < -0.39 is 0 Å². The molecule has 5 aliphatic carbocycles. The lowest BCUT2D eigenvalue weighted by molar-refractivity contribution is 0.275. The van der Waals surface area contributed by atoms with Crippen molar-refractivity contribution >= 4 is 0 Å². The smallest absolute Gasteiger partial charge is 0.0264 e. The first kappa shape index (κ1) is 5.80. The van der Waals surface area contributed by atoms with Crippen LogP contribution in [0.15, 0.2) is 33.9 Å². The molecule has 0 saturated carbocycles. The fraction of sp³-hybridized carbons (Fsp3) is 0.500. The summed E-state index contributed by atoms with van der Waals surface area (Å²) in [5.41, 5.74) is 9.10. The predicted molar refractivity (Wildman–Crippen MR) is 48.6 cm³/mol. The molecule has 0 aromatic rings. The van der Waals surface area contributed by atoms with Crippen LogP contribution in [0.5, 0.6) is 0 Å². The van der Waals surface area contributed by atoms with Gasteiger partial charge in [0.1, 0.15) is 0 Å². The zero-order valence-corrected chi connectivity index (χ0v) is 7.57. The Hall–Kier alpha value is -0.780. The van der Waals surface area contributed by atoms with Gasteiger partial charge in [-0.25, -0.2) is 0 Å². The van der Waals surface area contributed by atoms with E-state index in [9.17, 15) is 0 Å². The normalized spacial score (nSPS) is 43.8.